The van der Waals surface area contributed by atoms with Gasteiger partial charge in [0.15, 0.2) is 0 Å². The van der Waals surface area contributed by atoms with Crippen LogP contribution in [0.1, 0.15) is 56.9 Å². The molecule has 0 bridgehead atoms. The van der Waals surface area contributed by atoms with Crippen molar-refractivity contribution in [3.63, 3.8) is 0 Å². The van der Waals surface area contributed by atoms with Crippen LogP contribution in [0, 0.1) is 10.1 Å². The van der Waals surface area contributed by atoms with Gasteiger partial charge < -0.3 is 9.64 Å². The van der Waals surface area contributed by atoms with Crippen molar-refractivity contribution in [3.05, 3.63) is 46.3 Å². The van der Waals surface area contributed by atoms with Crippen LogP contribution in [0.3, 0.4) is 0 Å². The average molecular weight is 400 g/mol. The van der Waals surface area contributed by atoms with E-state index in [-0.39, 0.29) is 17.4 Å². The molecule has 0 N–H and O–H groups in total. The van der Waals surface area contributed by atoms with E-state index in [9.17, 15) is 14.5 Å². The molecule has 0 spiro atoms. The Bertz CT molecular complexity index is 872. The van der Waals surface area contributed by atoms with Crippen molar-refractivity contribution in [2.75, 3.05) is 18.0 Å². The SMILES string of the molecule is CC1(F)CCN(c2ncnc(Oc3ccc(C4CCCC4)cc3)c2[N+](=O)[O-])CC1. The van der Waals surface area contributed by atoms with Gasteiger partial charge in [0.25, 0.3) is 0 Å². The van der Waals surface area contributed by atoms with Crippen LogP contribution in [0.25, 0.3) is 0 Å². The van der Waals surface area contributed by atoms with Gasteiger partial charge in [-0.2, -0.15) is 4.98 Å². The second-order valence-corrected chi connectivity index (χ2v) is 8.16. The Kier molecular flexibility index (Phi) is 5.34. The Morgan fingerprint density at radius 1 is 1.17 bits per heavy atom. The van der Waals surface area contributed by atoms with E-state index in [0.717, 1.165) is 0 Å². The molecular formula is C21H25FN4O3. The minimum atomic E-state index is -1.25. The normalized spacial score (nSPS) is 19.3. The number of halogens is 1. The Labute approximate surface area is 169 Å². The van der Waals surface area contributed by atoms with Crippen LogP contribution in [-0.2, 0) is 0 Å². The Hall–Kier alpha value is -2.77. The fourth-order valence-electron chi connectivity index (χ4n) is 4.18. The topological polar surface area (TPSA) is 81.4 Å². The predicted molar refractivity (Wildman–Crippen MR) is 107 cm³/mol. The summed E-state index contributed by atoms with van der Waals surface area (Å²) in [7, 11) is 0. The number of alkyl halides is 1. The first-order chi connectivity index (χ1) is 13.9. The summed E-state index contributed by atoms with van der Waals surface area (Å²) in [4.78, 5) is 21.1. The van der Waals surface area contributed by atoms with Crippen molar-refractivity contribution in [3.8, 4) is 11.6 Å². The first-order valence-electron chi connectivity index (χ1n) is 10.1. The van der Waals surface area contributed by atoms with E-state index < -0.39 is 10.6 Å². The minimum absolute atomic E-state index is 0.0952. The number of benzene rings is 1. The summed E-state index contributed by atoms with van der Waals surface area (Å²) < 4.78 is 19.9. The highest BCUT2D eigenvalue weighted by Crippen LogP contribution is 2.39. The van der Waals surface area contributed by atoms with Crippen molar-refractivity contribution in [1.82, 2.24) is 9.97 Å². The smallest absolute Gasteiger partial charge is 0.373 e. The largest absolute Gasteiger partial charge is 0.434 e. The molecule has 1 aromatic carbocycles. The molecule has 2 aromatic rings. The molecule has 0 unspecified atom stereocenters. The van der Waals surface area contributed by atoms with Crippen LogP contribution in [0.5, 0.6) is 11.6 Å². The Morgan fingerprint density at radius 2 is 1.83 bits per heavy atom. The van der Waals surface area contributed by atoms with E-state index in [4.69, 9.17) is 4.74 Å². The average Bonchev–Trinajstić information content (AvgIpc) is 3.23. The Balaban J connectivity index is 1.56. The molecule has 4 rings (SSSR count). The summed E-state index contributed by atoms with van der Waals surface area (Å²) in [5.74, 6) is 1.17. The third-order valence-electron chi connectivity index (χ3n) is 5.98. The lowest BCUT2D eigenvalue weighted by atomic mass is 9.96. The van der Waals surface area contributed by atoms with Gasteiger partial charge in [0.2, 0.25) is 5.82 Å². The van der Waals surface area contributed by atoms with Gasteiger partial charge in [-0.1, -0.05) is 25.0 Å². The second kappa shape index (κ2) is 7.93. The molecule has 0 amide bonds. The quantitative estimate of drug-likeness (QED) is 0.509. The summed E-state index contributed by atoms with van der Waals surface area (Å²) in [6.07, 6.45) is 6.78. The second-order valence-electron chi connectivity index (χ2n) is 8.16. The number of rotatable bonds is 5. The van der Waals surface area contributed by atoms with Crippen LogP contribution < -0.4 is 9.64 Å². The summed E-state index contributed by atoms with van der Waals surface area (Å²) in [6, 6.07) is 7.70. The highest BCUT2D eigenvalue weighted by Gasteiger charge is 2.35. The van der Waals surface area contributed by atoms with Gasteiger partial charge in [-0.25, -0.2) is 9.37 Å². The maximum Gasteiger partial charge on any atom is 0.373 e. The van der Waals surface area contributed by atoms with Crippen LogP contribution >= 0.6 is 0 Å². The predicted octanol–water partition coefficient (Wildman–Crippen LogP) is 5.16. The monoisotopic (exact) mass is 400 g/mol. The number of aromatic nitrogens is 2. The number of anilines is 1. The highest BCUT2D eigenvalue weighted by atomic mass is 19.1. The maximum absolute atomic E-state index is 14.1. The summed E-state index contributed by atoms with van der Waals surface area (Å²) in [6.45, 7) is 2.28. The van der Waals surface area contributed by atoms with Crippen molar-refractivity contribution >= 4 is 11.5 Å². The van der Waals surface area contributed by atoms with Crippen LogP contribution in [0.15, 0.2) is 30.6 Å². The molecule has 2 fully saturated rings. The van der Waals surface area contributed by atoms with E-state index >= 15 is 0 Å². The fraction of sp³-hybridized carbons (Fsp3) is 0.524. The van der Waals surface area contributed by atoms with Crippen molar-refractivity contribution in [2.24, 2.45) is 0 Å². The van der Waals surface area contributed by atoms with E-state index in [1.54, 1.807) is 11.8 Å². The minimum Gasteiger partial charge on any atom is -0.434 e. The van der Waals surface area contributed by atoms with Crippen LogP contribution in [0.2, 0.25) is 0 Å². The van der Waals surface area contributed by atoms with Crippen molar-refractivity contribution in [2.45, 2.75) is 57.0 Å². The zero-order chi connectivity index (χ0) is 20.4. The third-order valence-corrected chi connectivity index (χ3v) is 5.98. The van der Waals surface area contributed by atoms with E-state index in [1.165, 1.54) is 37.6 Å². The number of nitro groups is 1. The number of hydrogen-bond donors (Lipinski definition) is 0. The van der Waals surface area contributed by atoms with Gasteiger partial charge in [-0.15, -0.1) is 0 Å². The van der Waals surface area contributed by atoms with Crippen molar-refractivity contribution in [1.29, 1.82) is 0 Å². The standard InChI is InChI=1S/C21H25FN4O3/c1-21(22)10-12-25(13-11-21)19-18(26(27)28)20(24-14-23-19)29-17-8-6-16(7-9-17)15-4-2-3-5-15/h6-9,14-15H,2-5,10-13H2,1H3. The van der Waals surface area contributed by atoms with E-state index in [2.05, 4.69) is 9.97 Å². The zero-order valence-electron chi connectivity index (χ0n) is 16.5. The van der Waals surface area contributed by atoms with Gasteiger partial charge in [0.05, 0.1) is 4.92 Å². The first-order valence-corrected chi connectivity index (χ1v) is 10.1. The third kappa shape index (κ3) is 4.31. The summed E-state index contributed by atoms with van der Waals surface area (Å²) >= 11 is 0. The highest BCUT2D eigenvalue weighted by molar-refractivity contribution is 5.63. The lowest BCUT2D eigenvalue weighted by Crippen LogP contribution is -2.40. The van der Waals surface area contributed by atoms with Gasteiger partial charge >= 0.3 is 11.6 Å². The number of ether oxygens (including phenoxy) is 1. The molecule has 29 heavy (non-hydrogen) atoms. The molecule has 8 heteroatoms. The molecule has 1 aliphatic heterocycles. The van der Waals surface area contributed by atoms with Crippen LogP contribution in [0.4, 0.5) is 15.9 Å². The van der Waals surface area contributed by atoms with E-state index in [1.807, 2.05) is 24.3 Å². The van der Waals surface area contributed by atoms with Gasteiger partial charge in [-0.05, 0) is 56.2 Å². The van der Waals surface area contributed by atoms with Gasteiger partial charge in [-0.3, -0.25) is 10.1 Å². The molecule has 1 saturated heterocycles. The lowest BCUT2D eigenvalue weighted by Gasteiger charge is -2.34. The molecule has 0 radical (unpaired) electrons. The molecule has 2 heterocycles. The fourth-order valence-corrected chi connectivity index (χ4v) is 4.18. The number of nitrogens with zero attached hydrogens (tertiary/aromatic N) is 4. The molecule has 1 aliphatic carbocycles. The van der Waals surface area contributed by atoms with E-state index in [0.29, 0.717) is 37.6 Å². The zero-order valence-corrected chi connectivity index (χ0v) is 16.5. The molecular weight excluding hydrogens is 375 g/mol. The molecule has 0 atom stereocenters. The maximum atomic E-state index is 14.1. The molecule has 1 saturated carbocycles. The summed E-state index contributed by atoms with van der Waals surface area (Å²) in [5.41, 5.74) is -0.260. The summed E-state index contributed by atoms with van der Waals surface area (Å²) in [5, 5.41) is 11.8. The van der Waals surface area contributed by atoms with Crippen LogP contribution in [-0.4, -0.2) is 33.6 Å². The van der Waals surface area contributed by atoms with Crippen molar-refractivity contribution < 1.29 is 14.1 Å². The lowest BCUT2D eigenvalue weighted by molar-refractivity contribution is -0.385. The molecule has 7 nitrogen and oxygen atoms in total. The number of piperidine rings is 1. The molecule has 154 valence electrons. The number of hydrogen-bond acceptors (Lipinski definition) is 6. The first kappa shape index (κ1) is 19.5. The molecule has 2 aliphatic rings. The van der Waals surface area contributed by atoms with Gasteiger partial charge in [0.1, 0.15) is 17.7 Å². The molecule has 1 aromatic heterocycles. The van der Waals surface area contributed by atoms with Gasteiger partial charge in [0, 0.05) is 13.1 Å². The Morgan fingerprint density at radius 3 is 2.45 bits per heavy atom.